The Kier molecular flexibility index (Phi) is 6.92. The van der Waals surface area contributed by atoms with Crippen LogP contribution >= 0.6 is 27.3 Å². The molecule has 0 atom stereocenters. The lowest BCUT2D eigenvalue weighted by Gasteiger charge is -2.27. The molecule has 36 heavy (non-hydrogen) atoms. The minimum Gasteiger partial charge on any atom is -0.321 e. The van der Waals surface area contributed by atoms with Gasteiger partial charge in [0.25, 0.3) is 5.91 Å². The summed E-state index contributed by atoms with van der Waals surface area (Å²) in [5.74, 6) is -0.532. The third-order valence-corrected chi connectivity index (χ3v) is 10.5. The Labute approximate surface area is 223 Å². The molecule has 4 rings (SSSR count). The first-order chi connectivity index (χ1) is 16.7. The van der Waals surface area contributed by atoms with E-state index in [1.807, 2.05) is 30.3 Å². The molecule has 1 aromatic heterocycles. The second-order valence-electron chi connectivity index (χ2n) is 9.96. The number of carbonyl (C=O) groups excluding carboxylic acids is 1. The molecular formula is C28H27BrFNO3S2. The maximum Gasteiger partial charge on any atom is 0.265 e. The van der Waals surface area contributed by atoms with Gasteiger partial charge < -0.3 is 5.32 Å². The first kappa shape index (κ1) is 26.5. The van der Waals surface area contributed by atoms with E-state index in [4.69, 9.17) is 0 Å². The summed E-state index contributed by atoms with van der Waals surface area (Å²) >= 11 is 4.90. The molecule has 0 saturated heterocycles. The van der Waals surface area contributed by atoms with Gasteiger partial charge in [0, 0.05) is 26.5 Å². The van der Waals surface area contributed by atoms with Crippen LogP contribution in [-0.4, -0.2) is 20.6 Å². The summed E-state index contributed by atoms with van der Waals surface area (Å²) in [4.78, 5) is 13.7. The Morgan fingerprint density at radius 3 is 2.17 bits per heavy atom. The summed E-state index contributed by atoms with van der Waals surface area (Å²) in [6.07, 6.45) is 1.23. The SMILES string of the molecule is CC(C)(c1ccc(F)cc1)c1cc(Br)cc(NC(=O)c2cc3cc(C(C)(C)S(C)(=O)=O)ccc3s2)c1. The number of sulfone groups is 1. The smallest absolute Gasteiger partial charge is 0.265 e. The molecule has 3 aromatic carbocycles. The van der Waals surface area contributed by atoms with Gasteiger partial charge in [0.05, 0.1) is 9.62 Å². The van der Waals surface area contributed by atoms with Gasteiger partial charge in [-0.25, -0.2) is 12.8 Å². The van der Waals surface area contributed by atoms with Crippen LogP contribution in [0.1, 0.15) is 54.1 Å². The quantitative estimate of drug-likeness (QED) is 0.252. The largest absolute Gasteiger partial charge is 0.321 e. The highest BCUT2D eigenvalue weighted by molar-refractivity contribution is 9.10. The summed E-state index contributed by atoms with van der Waals surface area (Å²) in [5, 5.41) is 3.81. The number of benzene rings is 3. The van der Waals surface area contributed by atoms with Gasteiger partial charge in [-0.15, -0.1) is 11.3 Å². The second kappa shape index (κ2) is 9.39. The summed E-state index contributed by atoms with van der Waals surface area (Å²) in [5.41, 5.74) is 2.81. The van der Waals surface area contributed by atoms with Crippen molar-refractivity contribution >= 4 is 58.8 Å². The zero-order valence-corrected chi connectivity index (χ0v) is 23.9. The Morgan fingerprint density at radius 1 is 0.889 bits per heavy atom. The second-order valence-corrected chi connectivity index (χ2v) is 14.5. The highest BCUT2D eigenvalue weighted by atomic mass is 79.9. The van der Waals surface area contributed by atoms with Crippen LogP contribution in [0.3, 0.4) is 0 Å². The number of anilines is 1. The number of amides is 1. The Bertz CT molecular complexity index is 1570. The summed E-state index contributed by atoms with van der Waals surface area (Å²) in [6, 6.07) is 19.5. The number of fused-ring (bicyclic) bond motifs is 1. The van der Waals surface area contributed by atoms with Crippen LogP contribution in [0.4, 0.5) is 10.1 Å². The van der Waals surface area contributed by atoms with Gasteiger partial charge in [0.1, 0.15) is 5.82 Å². The molecule has 4 aromatic rings. The summed E-state index contributed by atoms with van der Waals surface area (Å²) in [6.45, 7) is 7.47. The molecule has 0 radical (unpaired) electrons. The fourth-order valence-electron chi connectivity index (χ4n) is 3.99. The molecule has 0 unspecified atom stereocenters. The first-order valence-electron chi connectivity index (χ1n) is 11.3. The average Bonchev–Trinajstić information content (AvgIpc) is 3.22. The van der Waals surface area contributed by atoms with Crippen molar-refractivity contribution in [3.05, 3.63) is 98.6 Å². The standard InChI is InChI=1S/C28H27BrFNO3S2/c1-27(2,18-6-9-22(30)10-7-18)20-14-21(29)16-23(15-20)31-26(32)25-13-17-12-19(8-11-24(17)35-25)28(3,4)36(5,33)34/h6-16H,1-5H3,(H,31,32). The van der Waals surface area contributed by atoms with Gasteiger partial charge in [-0.3, -0.25) is 4.79 Å². The lowest BCUT2D eigenvalue weighted by molar-refractivity contribution is 0.103. The summed E-state index contributed by atoms with van der Waals surface area (Å²) < 4.78 is 38.6. The normalized spacial score (nSPS) is 12.6. The van der Waals surface area contributed by atoms with Crippen molar-refractivity contribution < 1.29 is 17.6 Å². The van der Waals surface area contributed by atoms with Crippen molar-refractivity contribution in [3.63, 3.8) is 0 Å². The molecule has 0 aliphatic rings. The number of hydrogen-bond acceptors (Lipinski definition) is 4. The molecule has 0 saturated carbocycles. The average molecular weight is 589 g/mol. The molecule has 0 bridgehead atoms. The Hall–Kier alpha value is -2.55. The van der Waals surface area contributed by atoms with E-state index in [1.54, 1.807) is 38.1 Å². The highest BCUT2D eigenvalue weighted by Crippen LogP contribution is 2.36. The van der Waals surface area contributed by atoms with E-state index >= 15 is 0 Å². The molecule has 0 fully saturated rings. The lowest BCUT2D eigenvalue weighted by atomic mass is 9.78. The van der Waals surface area contributed by atoms with E-state index in [0.717, 1.165) is 25.7 Å². The van der Waals surface area contributed by atoms with Crippen LogP contribution in [0.2, 0.25) is 0 Å². The maximum atomic E-state index is 13.4. The zero-order chi connectivity index (χ0) is 26.5. The van der Waals surface area contributed by atoms with Gasteiger partial charge in [0.2, 0.25) is 0 Å². The molecule has 0 aliphatic heterocycles. The Balaban J connectivity index is 1.63. The predicted octanol–water partition coefficient (Wildman–Crippen LogP) is 7.66. The van der Waals surface area contributed by atoms with Crippen molar-refractivity contribution in [2.45, 2.75) is 37.9 Å². The Morgan fingerprint density at radius 2 is 1.53 bits per heavy atom. The highest BCUT2D eigenvalue weighted by Gasteiger charge is 2.32. The van der Waals surface area contributed by atoms with Crippen LogP contribution in [0.25, 0.3) is 10.1 Å². The molecule has 1 heterocycles. The summed E-state index contributed by atoms with van der Waals surface area (Å²) in [7, 11) is -3.32. The molecule has 4 nitrogen and oxygen atoms in total. The van der Waals surface area contributed by atoms with E-state index in [0.29, 0.717) is 16.1 Å². The van der Waals surface area contributed by atoms with Crippen LogP contribution < -0.4 is 5.32 Å². The number of nitrogens with one attached hydrogen (secondary N) is 1. The number of hydrogen-bond donors (Lipinski definition) is 1. The van der Waals surface area contributed by atoms with Crippen molar-refractivity contribution in [2.24, 2.45) is 0 Å². The molecule has 1 amide bonds. The van der Waals surface area contributed by atoms with E-state index in [-0.39, 0.29) is 11.7 Å². The van der Waals surface area contributed by atoms with Gasteiger partial charge >= 0.3 is 0 Å². The fourth-order valence-corrected chi connectivity index (χ4v) is 5.98. The molecule has 1 N–H and O–H groups in total. The van der Waals surface area contributed by atoms with Crippen molar-refractivity contribution in [3.8, 4) is 0 Å². The number of carbonyl (C=O) groups is 1. The molecule has 8 heteroatoms. The van der Waals surface area contributed by atoms with E-state index < -0.39 is 20.0 Å². The number of halogens is 2. The van der Waals surface area contributed by atoms with Gasteiger partial charge in [0.15, 0.2) is 9.84 Å². The minimum atomic E-state index is -3.32. The number of thiophene rings is 1. The number of rotatable bonds is 6. The van der Waals surface area contributed by atoms with Crippen LogP contribution in [-0.2, 0) is 20.0 Å². The van der Waals surface area contributed by atoms with Gasteiger partial charge in [-0.2, -0.15) is 0 Å². The molecule has 0 aliphatic carbocycles. The van der Waals surface area contributed by atoms with Crippen LogP contribution in [0, 0.1) is 5.82 Å². The third-order valence-electron chi connectivity index (χ3n) is 6.81. The minimum absolute atomic E-state index is 0.247. The molecular weight excluding hydrogens is 561 g/mol. The van der Waals surface area contributed by atoms with E-state index in [2.05, 4.69) is 35.1 Å². The third kappa shape index (κ3) is 5.12. The molecule has 0 spiro atoms. The fraction of sp³-hybridized carbons (Fsp3) is 0.250. The van der Waals surface area contributed by atoms with Crippen molar-refractivity contribution in [1.29, 1.82) is 0 Å². The first-order valence-corrected chi connectivity index (χ1v) is 14.8. The zero-order valence-electron chi connectivity index (χ0n) is 20.6. The maximum absolute atomic E-state index is 13.4. The van der Waals surface area contributed by atoms with Gasteiger partial charge in [-0.05, 0) is 84.5 Å². The van der Waals surface area contributed by atoms with E-state index in [9.17, 15) is 17.6 Å². The molecule has 188 valence electrons. The topological polar surface area (TPSA) is 63.2 Å². The van der Waals surface area contributed by atoms with Crippen molar-refractivity contribution in [2.75, 3.05) is 11.6 Å². The van der Waals surface area contributed by atoms with E-state index in [1.165, 1.54) is 29.7 Å². The van der Waals surface area contributed by atoms with Crippen molar-refractivity contribution in [1.82, 2.24) is 0 Å². The predicted molar refractivity (Wildman–Crippen MR) is 150 cm³/mol. The van der Waals surface area contributed by atoms with Crippen LogP contribution in [0.5, 0.6) is 0 Å². The lowest BCUT2D eigenvalue weighted by Crippen LogP contribution is -2.27. The van der Waals surface area contributed by atoms with Gasteiger partial charge in [-0.1, -0.05) is 48.0 Å². The van der Waals surface area contributed by atoms with Crippen LogP contribution in [0.15, 0.2) is 71.2 Å². The monoisotopic (exact) mass is 587 g/mol.